The van der Waals surface area contributed by atoms with Crippen LogP contribution in [0.2, 0.25) is 0 Å². The average molecular weight is 388 g/mol. The molecule has 28 heavy (non-hydrogen) atoms. The molecule has 2 heterocycles. The van der Waals surface area contributed by atoms with Crippen LogP contribution in [-0.4, -0.2) is 66.8 Å². The van der Waals surface area contributed by atoms with Gasteiger partial charge in [-0.05, 0) is 39.8 Å². The molecule has 0 spiro atoms. The number of amides is 2. The van der Waals surface area contributed by atoms with Crippen molar-refractivity contribution in [2.75, 3.05) is 39.4 Å². The standard InChI is InChI=1S/C21H28N2O5/c1-5-26-17-8-6-7-15-13-16(14-27-18(15)17)19(24)22-9-11-23(12-10-22)20(25)28-21(2,3)4/h6-8,13H,5,9-12,14H2,1-4H3. The van der Waals surface area contributed by atoms with E-state index in [1.54, 1.807) is 9.80 Å². The monoisotopic (exact) mass is 388 g/mol. The van der Waals surface area contributed by atoms with Gasteiger partial charge in [-0.3, -0.25) is 4.79 Å². The predicted octanol–water partition coefficient (Wildman–Crippen LogP) is 2.94. The van der Waals surface area contributed by atoms with E-state index in [-0.39, 0.29) is 18.6 Å². The number of fused-ring (bicyclic) bond motifs is 1. The van der Waals surface area contributed by atoms with E-state index in [2.05, 4.69) is 0 Å². The van der Waals surface area contributed by atoms with Gasteiger partial charge < -0.3 is 24.0 Å². The first-order chi connectivity index (χ1) is 13.3. The maximum Gasteiger partial charge on any atom is 0.410 e. The fourth-order valence-corrected chi connectivity index (χ4v) is 3.19. The Kier molecular flexibility index (Phi) is 5.82. The van der Waals surface area contributed by atoms with Gasteiger partial charge in [0.2, 0.25) is 0 Å². The van der Waals surface area contributed by atoms with Gasteiger partial charge in [-0.2, -0.15) is 0 Å². The number of para-hydroxylation sites is 1. The summed E-state index contributed by atoms with van der Waals surface area (Å²) in [5, 5.41) is 0. The van der Waals surface area contributed by atoms with E-state index in [1.165, 1.54) is 0 Å². The molecule has 0 aromatic heterocycles. The molecule has 1 fully saturated rings. The molecule has 0 bridgehead atoms. The van der Waals surface area contributed by atoms with E-state index in [9.17, 15) is 9.59 Å². The van der Waals surface area contributed by atoms with Crippen LogP contribution in [0.3, 0.4) is 0 Å². The Morgan fingerprint density at radius 3 is 2.43 bits per heavy atom. The highest BCUT2D eigenvalue weighted by Crippen LogP contribution is 2.36. The van der Waals surface area contributed by atoms with Crippen LogP contribution in [0.15, 0.2) is 23.8 Å². The number of benzene rings is 1. The van der Waals surface area contributed by atoms with Crippen molar-refractivity contribution in [3.05, 3.63) is 29.3 Å². The minimum atomic E-state index is -0.526. The molecular formula is C21H28N2O5. The molecular weight excluding hydrogens is 360 g/mol. The average Bonchev–Trinajstić information content (AvgIpc) is 2.66. The number of rotatable bonds is 3. The summed E-state index contributed by atoms with van der Waals surface area (Å²) in [7, 11) is 0. The predicted molar refractivity (Wildman–Crippen MR) is 105 cm³/mol. The highest BCUT2D eigenvalue weighted by molar-refractivity contribution is 5.99. The lowest BCUT2D eigenvalue weighted by Gasteiger charge is -2.36. The fraction of sp³-hybridized carbons (Fsp3) is 0.524. The number of piperazine rings is 1. The normalized spacial score (nSPS) is 16.6. The molecule has 1 aromatic rings. The number of ether oxygens (including phenoxy) is 3. The minimum absolute atomic E-state index is 0.0590. The number of nitrogens with zero attached hydrogens (tertiary/aromatic N) is 2. The molecule has 7 heteroatoms. The molecule has 2 aliphatic heterocycles. The molecule has 0 aliphatic carbocycles. The van der Waals surface area contributed by atoms with Crippen molar-refractivity contribution in [1.82, 2.24) is 9.80 Å². The van der Waals surface area contributed by atoms with Gasteiger partial charge in [0.1, 0.15) is 12.2 Å². The molecule has 0 radical (unpaired) electrons. The van der Waals surface area contributed by atoms with Crippen molar-refractivity contribution >= 4 is 18.1 Å². The smallest absolute Gasteiger partial charge is 0.410 e. The maximum atomic E-state index is 12.9. The second-order valence-corrected chi connectivity index (χ2v) is 7.83. The molecule has 2 aliphatic rings. The molecule has 0 atom stereocenters. The fourth-order valence-electron chi connectivity index (χ4n) is 3.19. The minimum Gasteiger partial charge on any atom is -0.490 e. The summed E-state index contributed by atoms with van der Waals surface area (Å²) in [4.78, 5) is 28.5. The van der Waals surface area contributed by atoms with Crippen LogP contribution < -0.4 is 9.47 Å². The van der Waals surface area contributed by atoms with E-state index in [0.29, 0.717) is 49.9 Å². The molecule has 7 nitrogen and oxygen atoms in total. The number of hydrogen-bond donors (Lipinski definition) is 0. The summed E-state index contributed by atoms with van der Waals surface area (Å²) in [6, 6.07) is 5.65. The number of hydrogen-bond acceptors (Lipinski definition) is 5. The Morgan fingerprint density at radius 2 is 1.79 bits per heavy atom. The van der Waals surface area contributed by atoms with E-state index in [0.717, 1.165) is 5.56 Å². The highest BCUT2D eigenvalue weighted by atomic mass is 16.6. The van der Waals surface area contributed by atoms with Crippen molar-refractivity contribution in [3.63, 3.8) is 0 Å². The van der Waals surface area contributed by atoms with Crippen molar-refractivity contribution < 1.29 is 23.8 Å². The van der Waals surface area contributed by atoms with Crippen molar-refractivity contribution in [2.45, 2.75) is 33.3 Å². The molecule has 0 N–H and O–H groups in total. The largest absolute Gasteiger partial charge is 0.490 e. The van der Waals surface area contributed by atoms with Crippen LogP contribution in [0.1, 0.15) is 33.3 Å². The molecule has 1 aromatic carbocycles. The van der Waals surface area contributed by atoms with Gasteiger partial charge in [0.05, 0.1) is 12.2 Å². The summed E-state index contributed by atoms with van der Waals surface area (Å²) in [5.41, 5.74) is 0.918. The zero-order chi connectivity index (χ0) is 20.3. The third-order valence-corrected chi connectivity index (χ3v) is 4.50. The van der Waals surface area contributed by atoms with Crippen molar-refractivity contribution in [1.29, 1.82) is 0 Å². The quantitative estimate of drug-likeness (QED) is 0.796. The van der Waals surface area contributed by atoms with Gasteiger partial charge in [-0.1, -0.05) is 12.1 Å². The van der Waals surface area contributed by atoms with Gasteiger partial charge in [0.25, 0.3) is 5.91 Å². The summed E-state index contributed by atoms with van der Waals surface area (Å²) in [6.45, 7) is 10.1. The lowest BCUT2D eigenvalue weighted by atomic mass is 10.1. The Morgan fingerprint density at radius 1 is 1.11 bits per heavy atom. The zero-order valence-electron chi connectivity index (χ0n) is 17.0. The van der Waals surface area contributed by atoms with Crippen LogP contribution in [0.4, 0.5) is 4.79 Å². The zero-order valence-corrected chi connectivity index (χ0v) is 17.0. The van der Waals surface area contributed by atoms with Gasteiger partial charge in [0.15, 0.2) is 11.5 Å². The number of carbonyl (C=O) groups is 2. The molecule has 152 valence electrons. The van der Waals surface area contributed by atoms with Crippen LogP contribution in [-0.2, 0) is 9.53 Å². The van der Waals surface area contributed by atoms with Gasteiger partial charge >= 0.3 is 6.09 Å². The third kappa shape index (κ3) is 4.58. The molecule has 3 rings (SSSR count). The van der Waals surface area contributed by atoms with E-state index < -0.39 is 5.60 Å². The van der Waals surface area contributed by atoms with E-state index in [1.807, 2.05) is 52.0 Å². The van der Waals surface area contributed by atoms with Gasteiger partial charge in [-0.15, -0.1) is 0 Å². The van der Waals surface area contributed by atoms with Crippen LogP contribution in [0.25, 0.3) is 6.08 Å². The molecule has 0 saturated carbocycles. The number of carbonyl (C=O) groups excluding carboxylic acids is 2. The van der Waals surface area contributed by atoms with Crippen LogP contribution in [0, 0.1) is 0 Å². The van der Waals surface area contributed by atoms with Gasteiger partial charge in [0, 0.05) is 31.7 Å². The van der Waals surface area contributed by atoms with Crippen LogP contribution >= 0.6 is 0 Å². The van der Waals surface area contributed by atoms with E-state index in [4.69, 9.17) is 14.2 Å². The SMILES string of the molecule is CCOc1cccc2c1OCC(C(=O)N1CCN(C(=O)OC(C)(C)C)CC1)=C2. The third-order valence-electron chi connectivity index (χ3n) is 4.50. The molecule has 2 amide bonds. The summed E-state index contributed by atoms with van der Waals surface area (Å²) >= 11 is 0. The van der Waals surface area contributed by atoms with Gasteiger partial charge in [-0.25, -0.2) is 4.79 Å². The summed E-state index contributed by atoms with van der Waals surface area (Å²) in [5.74, 6) is 1.31. The molecule has 0 unspecified atom stereocenters. The lowest BCUT2D eigenvalue weighted by Crippen LogP contribution is -2.52. The van der Waals surface area contributed by atoms with E-state index >= 15 is 0 Å². The van der Waals surface area contributed by atoms with Crippen LogP contribution in [0.5, 0.6) is 11.5 Å². The first-order valence-electron chi connectivity index (χ1n) is 9.65. The first-order valence-corrected chi connectivity index (χ1v) is 9.65. The topological polar surface area (TPSA) is 68.3 Å². The first kappa shape index (κ1) is 20.0. The summed E-state index contributed by atoms with van der Waals surface area (Å²) in [6.07, 6.45) is 1.53. The summed E-state index contributed by atoms with van der Waals surface area (Å²) < 4.78 is 16.8. The Bertz CT molecular complexity index is 773. The molecule has 1 saturated heterocycles. The highest BCUT2D eigenvalue weighted by Gasteiger charge is 2.30. The Hall–Kier alpha value is -2.70. The Labute approximate surface area is 165 Å². The lowest BCUT2D eigenvalue weighted by molar-refractivity contribution is -0.129. The van der Waals surface area contributed by atoms with Crippen molar-refractivity contribution in [2.24, 2.45) is 0 Å². The second-order valence-electron chi connectivity index (χ2n) is 7.83. The maximum absolute atomic E-state index is 12.9. The second kappa shape index (κ2) is 8.12. The Balaban J connectivity index is 1.63. The van der Waals surface area contributed by atoms with Crippen molar-refractivity contribution in [3.8, 4) is 11.5 Å².